The summed E-state index contributed by atoms with van der Waals surface area (Å²) in [5, 5.41) is 8.88. The number of nitriles is 1. The van der Waals surface area contributed by atoms with Crippen molar-refractivity contribution in [3.63, 3.8) is 0 Å². The molecule has 0 radical (unpaired) electrons. The third kappa shape index (κ3) is 3.48. The highest BCUT2D eigenvalue weighted by Gasteiger charge is 2.23. The van der Waals surface area contributed by atoms with E-state index in [9.17, 15) is 13.2 Å². The lowest BCUT2D eigenvalue weighted by atomic mass is 9.97. The first-order valence-corrected chi connectivity index (χ1v) is 6.65. The molecule has 5 heteroatoms. The molecule has 0 aliphatic rings. The average Bonchev–Trinajstić information content (AvgIpc) is 2.17. The van der Waals surface area contributed by atoms with Gasteiger partial charge in [0.25, 0.3) is 0 Å². The summed E-state index contributed by atoms with van der Waals surface area (Å²) in [6.07, 6.45) is 0.977. The van der Waals surface area contributed by atoms with Crippen molar-refractivity contribution in [2.24, 2.45) is 0 Å². The normalized spacial score (nSPS) is 12.8. The molecular formula is C11H11NO3S. The second-order valence-electron chi connectivity index (χ2n) is 3.51. The van der Waals surface area contributed by atoms with Gasteiger partial charge in [0.05, 0.1) is 6.07 Å². The molecule has 0 bridgehead atoms. The molecule has 84 valence electrons. The second-order valence-corrected chi connectivity index (χ2v) is 5.65. The van der Waals surface area contributed by atoms with Gasteiger partial charge in [-0.3, -0.25) is 4.79 Å². The quantitative estimate of drug-likeness (QED) is 0.780. The Morgan fingerprint density at radius 2 is 1.94 bits per heavy atom. The Morgan fingerprint density at radius 1 is 1.38 bits per heavy atom. The Balaban J connectivity index is 2.94. The van der Waals surface area contributed by atoms with Crippen LogP contribution in [-0.2, 0) is 14.6 Å². The van der Waals surface area contributed by atoms with E-state index >= 15 is 0 Å². The number of Topliss-reactive ketones (excluding diaryl/α,β-unsaturated/α-hetero) is 1. The molecule has 0 saturated carbocycles. The molecule has 4 nitrogen and oxygen atoms in total. The number of rotatable bonds is 4. The van der Waals surface area contributed by atoms with E-state index in [2.05, 4.69) is 0 Å². The molecule has 1 aromatic rings. The first-order chi connectivity index (χ1) is 7.44. The smallest absolute Gasteiger partial charge is 0.169 e. The number of sulfone groups is 1. The van der Waals surface area contributed by atoms with E-state index in [4.69, 9.17) is 5.26 Å². The maximum atomic E-state index is 11.6. The number of nitrogens with zero attached hydrogens (tertiary/aromatic N) is 1. The summed E-state index contributed by atoms with van der Waals surface area (Å²) in [4.78, 5) is 11.6. The van der Waals surface area contributed by atoms with E-state index in [1.807, 2.05) is 6.07 Å². The van der Waals surface area contributed by atoms with Gasteiger partial charge in [0.1, 0.15) is 11.7 Å². The summed E-state index contributed by atoms with van der Waals surface area (Å²) < 4.78 is 21.9. The van der Waals surface area contributed by atoms with Gasteiger partial charge in [-0.25, -0.2) is 8.42 Å². The zero-order valence-electron chi connectivity index (χ0n) is 8.75. The molecule has 1 aromatic carbocycles. The molecule has 0 fully saturated rings. The molecular weight excluding hydrogens is 226 g/mol. The van der Waals surface area contributed by atoms with Crippen LogP contribution >= 0.6 is 0 Å². The fourth-order valence-electron chi connectivity index (χ4n) is 1.32. The van der Waals surface area contributed by atoms with Crippen LogP contribution in [0.4, 0.5) is 0 Å². The van der Waals surface area contributed by atoms with Crippen LogP contribution in [0.25, 0.3) is 0 Å². The number of hydrogen-bond acceptors (Lipinski definition) is 4. The van der Waals surface area contributed by atoms with Crippen LogP contribution in [0.3, 0.4) is 0 Å². The number of carbonyl (C=O) groups is 1. The van der Waals surface area contributed by atoms with Gasteiger partial charge >= 0.3 is 0 Å². The van der Waals surface area contributed by atoms with Crippen LogP contribution in [-0.4, -0.2) is 26.2 Å². The van der Waals surface area contributed by atoms with E-state index in [0.29, 0.717) is 5.56 Å². The summed E-state index contributed by atoms with van der Waals surface area (Å²) in [6.45, 7) is 0. The zero-order chi connectivity index (χ0) is 12.2. The number of ketones is 1. The highest BCUT2D eigenvalue weighted by molar-refractivity contribution is 7.91. The molecule has 0 N–H and O–H groups in total. The van der Waals surface area contributed by atoms with E-state index in [0.717, 1.165) is 6.26 Å². The molecule has 1 unspecified atom stereocenters. The Morgan fingerprint density at radius 3 is 2.38 bits per heavy atom. The molecule has 1 atom stereocenters. The summed E-state index contributed by atoms with van der Waals surface area (Å²) in [6, 6.07) is 10.3. The van der Waals surface area contributed by atoms with Crippen molar-refractivity contribution in [3.05, 3.63) is 35.9 Å². The topological polar surface area (TPSA) is 75.0 Å². The minimum absolute atomic E-state index is 0.527. The van der Waals surface area contributed by atoms with Crippen molar-refractivity contribution in [2.45, 2.75) is 5.92 Å². The molecule has 0 aliphatic carbocycles. The van der Waals surface area contributed by atoms with Crippen LogP contribution < -0.4 is 0 Å². The Hall–Kier alpha value is -1.67. The lowest BCUT2D eigenvalue weighted by Crippen LogP contribution is -2.20. The largest absolute Gasteiger partial charge is 0.297 e. The van der Waals surface area contributed by atoms with Gasteiger partial charge in [-0.1, -0.05) is 30.3 Å². The van der Waals surface area contributed by atoms with Gasteiger partial charge in [-0.05, 0) is 5.56 Å². The van der Waals surface area contributed by atoms with Gasteiger partial charge in [-0.2, -0.15) is 5.26 Å². The number of carbonyl (C=O) groups excluding carboxylic acids is 1. The first kappa shape index (κ1) is 12.4. The third-order valence-corrected chi connectivity index (χ3v) is 2.80. The third-order valence-electron chi connectivity index (χ3n) is 1.99. The van der Waals surface area contributed by atoms with Crippen LogP contribution in [0.15, 0.2) is 30.3 Å². The van der Waals surface area contributed by atoms with Crippen molar-refractivity contribution >= 4 is 15.6 Å². The van der Waals surface area contributed by atoms with Gasteiger partial charge in [0.15, 0.2) is 15.6 Å². The van der Waals surface area contributed by atoms with Gasteiger partial charge < -0.3 is 0 Å². The molecule has 0 aliphatic heterocycles. The predicted octanol–water partition coefficient (Wildman–Crippen LogP) is 0.907. The van der Waals surface area contributed by atoms with E-state index in [-0.39, 0.29) is 0 Å². The van der Waals surface area contributed by atoms with Gasteiger partial charge in [-0.15, -0.1) is 0 Å². The maximum Gasteiger partial charge on any atom is 0.169 e. The summed E-state index contributed by atoms with van der Waals surface area (Å²) in [5.74, 6) is -2.19. The fraction of sp³-hybridized carbons (Fsp3) is 0.273. The van der Waals surface area contributed by atoms with Crippen LogP contribution in [0.5, 0.6) is 0 Å². The molecule has 1 rings (SSSR count). The molecule has 0 saturated heterocycles. The fourth-order valence-corrected chi connectivity index (χ4v) is 2.00. The lowest BCUT2D eigenvalue weighted by molar-refractivity contribution is -0.116. The summed E-state index contributed by atoms with van der Waals surface area (Å²) in [5.41, 5.74) is 0.527. The molecule has 0 heterocycles. The van der Waals surface area contributed by atoms with Crippen molar-refractivity contribution in [3.8, 4) is 6.07 Å². The Kier molecular flexibility index (Phi) is 3.80. The van der Waals surface area contributed by atoms with Gasteiger partial charge in [0.2, 0.25) is 0 Å². The molecule has 0 aromatic heterocycles. The van der Waals surface area contributed by atoms with Crippen LogP contribution in [0, 0.1) is 11.3 Å². The maximum absolute atomic E-state index is 11.6. The highest BCUT2D eigenvalue weighted by Crippen LogP contribution is 2.16. The minimum Gasteiger partial charge on any atom is -0.297 e. The van der Waals surface area contributed by atoms with Crippen molar-refractivity contribution in [2.75, 3.05) is 12.0 Å². The van der Waals surface area contributed by atoms with Crippen molar-refractivity contribution in [1.82, 2.24) is 0 Å². The van der Waals surface area contributed by atoms with Crippen molar-refractivity contribution in [1.29, 1.82) is 5.26 Å². The minimum atomic E-state index is -3.39. The molecule has 0 spiro atoms. The van der Waals surface area contributed by atoms with Crippen molar-refractivity contribution < 1.29 is 13.2 Å². The second kappa shape index (κ2) is 4.90. The lowest BCUT2D eigenvalue weighted by Gasteiger charge is -2.07. The summed E-state index contributed by atoms with van der Waals surface area (Å²) >= 11 is 0. The average molecular weight is 237 g/mol. The zero-order valence-corrected chi connectivity index (χ0v) is 9.57. The number of benzene rings is 1. The molecule has 0 amide bonds. The monoisotopic (exact) mass is 237 g/mol. The molecule has 16 heavy (non-hydrogen) atoms. The Bertz CT molecular complexity index is 514. The summed E-state index contributed by atoms with van der Waals surface area (Å²) in [7, 11) is -3.39. The van der Waals surface area contributed by atoms with Crippen LogP contribution in [0.2, 0.25) is 0 Å². The van der Waals surface area contributed by atoms with Gasteiger partial charge in [0, 0.05) is 6.26 Å². The van der Waals surface area contributed by atoms with Crippen LogP contribution in [0.1, 0.15) is 11.5 Å². The Labute approximate surface area is 94.4 Å². The highest BCUT2D eigenvalue weighted by atomic mass is 32.2. The standard InChI is InChI=1S/C11H11NO3S/c1-16(14,15)8-11(13)10(7-12)9-5-3-2-4-6-9/h2-6,10H,8H2,1H3. The van der Waals surface area contributed by atoms with E-state index in [1.54, 1.807) is 30.3 Å². The number of hydrogen-bond donors (Lipinski definition) is 0. The SMILES string of the molecule is CS(=O)(=O)CC(=O)C(C#N)c1ccccc1. The van der Waals surface area contributed by atoms with E-state index < -0.39 is 27.3 Å². The first-order valence-electron chi connectivity index (χ1n) is 4.59. The van der Waals surface area contributed by atoms with E-state index in [1.165, 1.54) is 0 Å². The predicted molar refractivity (Wildman–Crippen MR) is 59.5 cm³/mol.